The van der Waals surface area contributed by atoms with E-state index in [1.54, 1.807) is 30.3 Å². The Morgan fingerprint density at radius 3 is 2.56 bits per heavy atom. The topological polar surface area (TPSA) is 90.7 Å². The third-order valence-electron chi connectivity index (χ3n) is 3.28. The largest absolute Gasteiger partial charge is 0.324 e. The van der Waals surface area contributed by atoms with E-state index in [0.29, 0.717) is 11.3 Å². The van der Waals surface area contributed by atoms with Crippen LogP contribution in [0.4, 0.5) is 21.7 Å². The van der Waals surface area contributed by atoms with Crippen LogP contribution in [-0.2, 0) is 0 Å². The van der Waals surface area contributed by atoms with Gasteiger partial charge in [0.25, 0.3) is 5.91 Å². The van der Waals surface area contributed by atoms with Crippen LogP contribution in [0.15, 0.2) is 60.9 Å². The first-order valence-electron chi connectivity index (χ1n) is 7.31. The molecule has 0 bridgehead atoms. The smallest absolute Gasteiger partial charge is 0.258 e. The number of rotatable bonds is 4. The van der Waals surface area contributed by atoms with E-state index in [9.17, 15) is 9.18 Å². The molecule has 2 aromatic carbocycles. The lowest BCUT2D eigenvalue weighted by Crippen LogP contribution is -2.14. The van der Waals surface area contributed by atoms with Crippen molar-refractivity contribution in [3.05, 3.63) is 77.9 Å². The lowest BCUT2D eigenvalue weighted by atomic mass is 10.2. The van der Waals surface area contributed by atoms with Crippen LogP contribution in [0.2, 0.25) is 0 Å². The van der Waals surface area contributed by atoms with Gasteiger partial charge in [0.15, 0.2) is 0 Å². The number of hydrogen-bond acceptors (Lipinski definition) is 5. The number of amides is 1. The van der Waals surface area contributed by atoms with Gasteiger partial charge >= 0.3 is 0 Å². The molecule has 0 aliphatic heterocycles. The minimum Gasteiger partial charge on any atom is -0.324 e. The maximum Gasteiger partial charge on any atom is 0.258 e. The van der Waals surface area contributed by atoms with Gasteiger partial charge in [-0.2, -0.15) is 5.26 Å². The number of halogens is 1. The predicted molar refractivity (Wildman–Crippen MR) is 90.8 cm³/mol. The molecule has 0 saturated heterocycles. The molecule has 0 aliphatic carbocycles. The van der Waals surface area contributed by atoms with Gasteiger partial charge in [-0.3, -0.25) is 4.79 Å². The molecule has 6 nitrogen and oxygen atoms in total. The highest BCUT2D eigenvalue weighted by molar-refractivity contribution is 6.03. The molecule has 0 saturated carbocycles. The maximum absolute atomic E-state index is 13.6. The van der Waals surface area contributed by atoms with E-state index < -0.39 is 11.7 Å². The Hall–Kier alpha value is -3.79. The van der Waals surface area contributed by atoms with Crippen LogP contribution in [0, 0.1) is 17.1 Å². The van der Waals surface area contributed by atoms with Gasteiger partial charge in [-0.15, -0.1) is 0 Å². The third-order valence-corrected chi connectivity index (χ3v) is 3.28. The molecule has 2 N–H and O–H groups in total. The van der Waals surface area contributed by atoms with Gasteiger partial charge in [-0.1, -0.05) is 18.2 Å². The SMILES string of the molecule is N#Cc1cccc(Nc2ncc(C(=O)Nc3ccccc3F)cn2)c1. The van der Waals surface area contributed by atoms with Crippen molar-refractivity contribution >= 4 is 23.2 Å². The van der Waals surface area contributed by atoms with Crippen molar-refractivity contribution in [2.45, 2.75) is 0 Å². The van der Waals surface area contributed by atoms with Crippen LogP contribution in [0.25, 0.3) is 0 Å². The number of carbonyl (C=O) groups excluding carboxylic acids is 1. The molecule has 1 amide bonds. The highest BCUT2D eigenvalue weighted by Crippen LogP contribution is 2.16. The Morgan fingerprint density at radius 1 is 1.08 bits per heavy atom. The Bertz CT molecular complexity index is 950. The van der Waals surface area contributed by atoms with Gasteiger partial charge in [0.05, 0.1) is 22.9 Å². The molecule has 0 atom stereocenters. The van der Waals surface area contributed by atoms with E-state index in [0.717, 1.165) is 0 Å². The summed E-state index contributed by atoms with van der Waals surface area (Å²) in [5.74, 6) is -0.756. The zero-order chi connectivity index (χ0) is 17.6. The van der Waals surface area contributed by atoms with Crippen molar-refractivity contribution in [2.75, 3.05) is 10.6 Å². The van der Waals surface area contributed by atoms with Gasteiger partial charge in [0, 0.05) is 18.1 Å². The van der Waals surface area contributed by atoms with Crippen molar-refractivity contribution in [1.29, 1.82) is 5.26 Å². The summed E-state index contributed by atoms with van der Waals surface area (Å²) in [6.45, 7) is 0. The number of anilines is 3. The second kappa shape index (κ2) is 7.19. The van der Waals surface area contributed by atoms with E-state index in [2.05, 4.69) is 20.6 Å². The number of para-hydroxylation sites is 1. The van der Waals surface area contributed by atoms with E-state index >= 15 is 0 Å². The zero-order valence-corrected chi connectivity index (χ0v) is 12.9. The van der Waals surface area contributed by atoms with Crippen molar-refractivity contribution in [3.8, 4) is 6.07 Å². The molecule has 0 radical (unpaired) electrons. The lowest BCUT2D eigenvalue weighted by molar-refractivity contribution is 0.102. The first-order chi connectivity index (χ1) is 12.2. The molecular formula is C18H12FN5O. The summed E-state index contributed by atoms with van der Waals surface area (Å²) in [4.78, 5) is 20.2. The Balaban J connectivity index is 1.70. The highest BCUT2D eigenvalue weighted by Gasteiger charge is 2.10. The fourth-order valence-electron chi connectivity index (χ4n) is 2.06. The number of nitriles is 1. The van der Waals surface area contributed by atoms with Gasteiger partial charge < -0.3 is 10.6 Å². The number of hydrogen-bond donors (Lipinski definition) is 2. The van der Waals surface area contributed by atoms with Crippen molar-refractivity contribution in [1.82, 2.24) is 9.97 Å². The van der Waals surface area contributed by atoms with Crippen LogP contribution in [-0.4, -0.2) is 15.9 Å². The maximum atomic E-state index is 13.6. The molecule has 0 aliphatic rings. The van der Waals surface area contributed by atoms with E-state index in [1.165, 1.54) is 30.6 Å². The first-order valence-corrected chi connectivity index (χ1v) is 7.31. The molecule has 1 aromatic heterocycles. The summed E-state index contributed by atoms with van der Waals surface area (Å²) >= 11 is 0. The lowest BCUT2D eigenvalue weighted by Gasteiger charge is -2.07. The molecule has 3 rings (SSSR count). The van der Waals surface area contributed by atoms with Crippen LogP contribution >= 0.6 is 0 Å². The summed E-state index contributed by atoms with van der Waals surface area (Å²) in [5, 5.41) is 14.3. The Kier molecular flexibility index (Phi) is 4.62. The number of nitrogens with zero attached hydrogens (tertiary/aromatic N) is 3. The second-order valence-electron chi connectivity index (χ2n) is 5.05. The predicted octanol–water partition coefficient (Wildman–Crippen LogP) is 3.48. The van der Waals surface area contributed by atoms with Gasteiger partial charge in [-0.25, -0.2) is 14.4 Å². The number of carbonyl (C=O) groups is 1. The normalized spacial score (nSPS) is 9.92. The summed E-state index contributed by atoms with van der Waals surface area (Å²) in [5.41, 5.74) is 1.44. The molecular weight excluding hydrogens is 321 g/mol. The summed E-state index contributed by atoms with van der Waals surface area (Å²) in [6.07, 6.45) is 2.67. The minimum absolute atomic E-state index is 0.0861. The fourth-order valence-corrected chi connectivity index (χ4v) is 2.06. The Labute approximate surface area is 143 Å². The second-order valence-corrected chi connectivity index (χ2v) is 5.05. The van der Waals surface area contributed by atoms with Crippen molar-refractivity contribution in [2.24, 2.45) is 0 Å². The Morgan fingerprint density at radius 2 is 1.84 bits per heavy atom. The molecule has 3 aromatic rings. The van der Waals surface area contributed by atoms with Crippen molar-refractivity contribution in [3.63, 3.8) is 0 Å². The molecule has 25 heavy (non-hydrogen) atoms. The summed E-state index contributed by atoms with van der Waals surface area (Å²) in [7, 11) is 0. The highest BCUT2D eigenvalue weighted by atomic mass is 19.1. The average Bonchev–Trinajstić information content (AvgIpc) is 2.64. The molecule has 1 heterocycles. The fraction of sp³-hybridized carbons (Fsp3) is 0. The molecule has 122 valence electrons. The van der Waals surface area contributed by atoms with E-state index in [4.69, 9.17) is 5.26 Å². The van der Waals surface area contributed by atoms with Gasteiger partial charge in [-0.05, 0) is 30.3 Å². The number of benzene rings is 2. The van der Waals surface area contributed by atoms with Crippen molar-refractivity contribution < 1.29 is 9.18 Å². The van der Waals surface area contributed by atoms with Crippen LogP contribution < -0.4 is 10.6 Å². The molecule has 0 unspecified atom stereocenters. The van der Waals surface area contributed by atoms with E-state index in [1.807, 2.05) is 6.07 Å². The van der Waals surface area contributed by atoms with Crippen LogP contribution in [0.3, 0.4) is 0 Å². The van der Waals surface area contributed by atoms with Gasteiger partial charge in [0.2, 0.25) is 5.95 Å². The summed E-state index contributed by atoms with van der Waals surface area (Å²) in [6, 6.07) is 14.8. The standard InChI is InChI=1S/C18H12FN5O/c19-15-6-1-2-7-16(15)24-17(25)13-10-21-18(22-11-13)23-14-5-3-4-12(8-14)9-20/h1-8,10-11H,(H,24,25)(H,21,22,23). The first kappa shape index (κ1) is 16.1. The number of nitrogens with one attached hydrogen (secondary N) is 2. The summed E-state index contributed by atoms with van der Waals surface area (Å²) < 4.78 is 13.6. The monoisotopic (exact) mass is 333 g/mol. The van der Waals surface area contributed by atoms with Gasteiger partial charge in [0.1, 0.15) is 5.82 Å². The van der Waals surface area contributed by atoms with Crippen LogP contribution in [0.1, 0.15) is 15.9 Å². The van der Waals surface area contributed by atoms with Crippen LogP contribution in [0.5, 0.6) is 0 Å². The molecule has 0 fully saturated rings. The average molecular weight is 333 g/mol. The molecule has 7 heteroatoms. The third kappa shape index (κ3) is 3.95. The van der Waals surface area contributed by atoms with E-state index in [-0.39, 0.29) is 17.2 Å². The zero-order valence-electron chi connectivity index (χ0n) is 12.9. The molecule has 0 spiro atoms. The number of aromatic nitrogens is 2. The quantitative estimate of drug-likeness (QED) is 0.763. The minimum atomic E-state index is -0.521.